The average Bonchev–Trinajstić information content (AvgIpc) is 3.99. The Morgan fingerprint density at radius 2 is 1.03 bits per heavy atom. The van der Waals surface area contributed by atoms with Gasteiger partial charge >= 0.3 is 263 Å². The molecule has 49 heteroatoms. The van der Waals surface area contributed by atoms with Crippen LogP contribution in [0.1, 0.15) is 0 Å². The smallest absolute Gasteiger partial charge is 4.00 e. The van der Waals surface area contributed by atoms with Gasteiger partial charge in [0.05, 0.1) is 14.1 Å². The fourth-order valence-electron chi connectivity index (χ4n) is 5.32. The van der Waals surface area contributed by atoms with Gasteiger partial charge in [-0.15, -0.1) is 0 Å². The van der Waals surface area contributed by atoms with Crippen molar-refractivity contribution in [3.05, 3.63) is 85.2 Å². The summed E-state index contributed by atoms with van der Waals surface area (Å²) in [5, 5.41) is 34.4. The summed E-state index contributed by atoms with van der Waals surface area (Å²) in [6.45, 7) is 0. The molecule has 4 aliphatic heterocycles. The van der Waals surface area contributed by atoms with Gasteiger partial charge in [-0.25, -0.2) is 9.13 Å². The van der Waals surface area contributed by atoms with Crippen molar-refractivity contribution in [1.29, 1.82) is 0 Å². The number of imidazole rings is 4. The third-order valence-corrected chi connectivity index (χ3v) is 7.78. The molecule has 22 nitrogen and oxygen atoms in total. The standard InChI is InChI=1S/C8H18B6N10O.C8H14B6N10O.2F6P.Pt/c2*1-21-3-5-23(7-21)11-15-9-17-13(19-11)25-14-18-10-16-12(20-14)24-6-4-22(2)8-24;2*1-7(2,3,4,5)6;/h3-8,15-20H,1-2H3;3-8,15,18H,1-2H3;;;/q+2;;2*-1;+4. The first-order valence-corrected chi connectivity index (χ1v) is 22.0. The van der Waals surface area contributed by atoms with E-state index in [0.717, 1.165) is 0 Å². The zero-order chi connectivity index (χ0) is 47.3. The second kappa shape index (κ2) is 20.0. The quantitative estimate of drug-likeness (QED) is 0.0405. The van der Waals surface area contributed by atoms with E-state index < -0.39 is 30.0 Å². The average molecular weight is 1150 g/mol. The summed E-state index contributed by atoms with van der Waals surface area (Å²) in [5.41, 5.74) is 0. The number of nitrogens with one attached hydrogen (secondary N) is 8. The van der Waals surface area contributed by atoms with Crippen molar-refractivity contribution in [2.45, 2.75) is 0 Å². The van der Waals surface area contributed by atoms with Crippen LogP contribution in [0.2, 0.25) is 0 Å². The van der Waals surface area contributed by atoms with Gasteiger partial charge in [0.1, 0.15) is 24.8 Å². The molecule has 0 atom stereocenters. The number of hydrogen-bond acceptors (Lipinski definition) is 12. The number of aromatic nitrogens is 8. The number of rotatable bonds is 8. The van der Waals surface area contributed by atoms with Crippen LogP contribution in [0.25, 0.3) is 10.3 Å². The Labute approximate surface area is 382 Å². The minimum absolute atomic E-state index is 0. The van der Waals surface area contributed by atoms with Crippen molar-refractivity contribution < 1.29 is 98.7 Å². The monoisotopic (exact) mass is 1150 g/mol. The maximum atomic E-state index is 9.87. The maximum Gasteiger partial charge on any atom is 4.00 e. The third-order valence-electron chi connectivity index (χ3n) is 7.78. The molecule has 4 aliphatic rings. The molecule has 0 spiro atoms. The van der Waals surface area contributed by atoms with Crippen LogP contribution >= 0.6 is 15.6 Å². The van der Waals surface area contributed by atoms with Crippen molar-refractivity contribution in [3.63, 3.8) is 0 Å². The molecule has 4 aromatic heterocycles. The molecule has 8 N–H and O–H groups in total. The predicted octanol–water partition coefficient (Wildman–Crippen LogP) is -2.46. The SMILES string of the molecule is C[n+]1ccn(B2N=BNB(OB3N=BNB(n4cc[n+](C)c4)[N-]3)[N-]2)c1.Cn1cc[n+](B2N[B]NB(OB3N[B]NB([n+]4ccn(C)c4)N3)N2)c1.F[P-](F)(F)(F)(F)F.F[P-](F)(F)(F)(F)F.[Pt+4]. The Morgan fingerprint density at radius 1 is 0.569 bits per heavy atom. The molecule has 2 fully saturated rings. The minimum atomic E-state index is -10.7. The molecular weight excluding hydrogens is 1120 g/mol. The summed E-state index contributed by atoms with van der Waals surface area (Å²) in [7, 11) is -9.53. The minimum Gasteiger partial charge on any atom is 4.00 e. The van der Waals surface area contributed by atoms with Gasteiger partial charge in [-0.1, -0.05) is 0 Å². The first-order valence-electron chi connectivity index (χ1n) is 17.9. The molecule has 0 aromatic carbocycles. The second-order valence-corrected chi connectivity index (χ2v) is 17.6. The van der Waals surface area contributed by atoms with Gasteiger partial charge in [-0.2, -0.15) is 0 Å². The van der Waals surface area contributed by atoms with Crippen molar-refractivity contribution in [3.8, 4) is 0 Å². The Morgan fingerprint density at radius 3 is 1.46 bits per heavy atom. The summed E-state index contributed by atoms with van der Waals surface area (Å²) in [5.74, 6) is 0. The molecule has 65 heavy (non-hydrogen) atoms. The first kappa shape index (κ1) is 54.7. The molecule has 4 aromatic rings. The van der Waals surface area contributed by atoms with Gasteiger partial charge in [0.2, 0.25) is 12.7 Å². The van der Waals surface area contributed by atoms with Crippen LogP contribution < -0.4 is 59.2 Å². The number of nitrogens with zero attached hydrogens (tertiary/aromatic N) is 12. The van der Waals surface area contributed by atoms with Gasteiger partial charge in [0.15, 0.2) is 0 Å². The molecular formula is C16H32B12F12N20O2P2Pt+4. The van der Waals surface area contributed by atoms with Gasteiger partial charge in [-0.3, -0.25) is 8.96 Å². The van der Waals surface area contributed by atoms with Crippen molar-refractivity contribution >= 4 is 102 Å². The zero-order valence-electron chi connectivity index (χ0n) is 33.8. The molecule has 2 saturated heterocycles. The Bertz CT molecular complexity index is 2130. The topological polar surface area (TPSA) is 203 Å². The Kier molecular flexibility index (Phi) is 16.8. The molecule has 0 aliphatic carbocycles. The van der Waals surface area contributed by atoms with Crippen LogP contribution in [0.4, 0.5) is 50.4 Å². The van der Waals surface area contributed by atoms with Crippen molar-refractivity contribution in [1.82, 2.24) is 59.2 Å². The molecule has 344 valence electrons. The Hall–Kier alpha value is -2.87. The predicted molar refractivity (Wildman–Crippen MR) is 219 cm³/mol. The molecule has 0 bridgehead atoms. The van der Waals surface area contributed by atoms with Gasteiger partial charge < -0.3 is 35.4 Å². The summed E-state index contributed by atoms with van der Waals surface area (Å²) >= 11 is 0. The van der Waals surface area contributed by atoms with E-state index in [1.165, 1.54) is 0 Å². The van der Waals surface area contributed by atoms with Crippen LogP contribution in [-0.2, 0) is 58.4 Å². The van der Waals surface area contributed by atoms with E-state index in [1.807, 2.05) is 139 Å². The van der Waals surface area contributed by atoms with Gasteiger partial charge in [-0.05, 0) is 0 Å². The fraction of sp³-hybridized carbons (Fsp3) is 0.250. The molecule has 0 amide bonds. The Balaban J connectivity index is 0.000000219. The summed E-state index contributed by atoms with van der Waals surface area (Å²) in [4.78, 5) is 8.51. The van der Waals surface area contributed by atoms with Crippen LogP contribution in [-0.4, -0.2) is 105 Å². The third kappa shape index (κ3) is 22.7. The van der Waals surface area contributed by atoms with Crippen LogP contribution in [0, 0.1) is 0 Å². The van der Waals surface area contributed by atoms with E-state index in [1.54, 1.807) is 29.5 Å². The van der Waals surface area contributed by atoms with E-state index in [4.69, 9.17) is 9.14 Å². The van der Waals surface area contributed by atoms with E-state index >= 15 is 0 Å². The van der Waals surface area contributed by atoms with Crippen LogP contribution in [0.15, 0.2) is 84.5 Å². The van der Waals surface area contributed by atoms with Gasteiger partial charge in [0.25, 0.3) is 15.1 Å². The largest absolute Gasteiger partial charge is 4.00 e. The molecule has 0 saturated carbocycles. The number of aryl methyl sites for hydroxylation is 4. The van der Waals surface area contributed by atoms with E-state index in [2.05, 4.69) is 61.0 Å². The van der Waals surface area contributed by atoms with Crippen molar-refractivity contribution in [2.24, 2.45) is 37.8 Å². The molecule has 8 heterocycles. The van der Waals surface area contributed by atoms with E-state index in [9.17, 15) is 50.4 Å². The number of hydrogen-bond donors (Lipinski definition) is 8. The zero-order valence-corrected chi connectivity index (χ0v) is 37.8. The summed E-state index contributed by atoms with van der Waals surface area (Å²) in [6.07, 6.45) is 23.4. The maximum absolute atomic E-state index is 10.7. The number of halogens is 12. The van der Waals surface area contributed by atoms with E-state index in [0.29, 0.717) is 0 Å². The molecule has 8 rings (SSSR count). The van der Waals surface area contributed by atoms with Crippen molar-refractivity contribution in [2.75, 3.05) is 0 Å². The van der Waals surface area contributed by atoms with E-state index in [-0.39, 0.29) is 63.9 Å². The molecule has 0 unspecified atom stereocenters. The normalized spacial score (nSPS) is 18.3. The fourth-order valence-corrected chi connectivity index (χ4v) is 5.32. The van der Waals surface area contributed by atoms with Crippen LogP contribution in [0.5, 0.6) is 0 Å². The second-order valence-electron chi connectivity index (χ2n) is 13.7. The first-order chi connectivity index (χ1) is 29.2. The van der Waals surface area contributed by atoms with Gasteiger partial charge in [0, 0.05) is 0 Å². The molecule has 2 radical (unpaired) electrons. The van der Waals surface area contributed by atoms with Crippen LogP contribution in [0.3, 0.4) is 0 Å². The summed E-state index contributed by atoms with van der Waals surface area (Å²) in [6, 6.07) is 0. The summed E-state index contributed by atoms with van der Waals surface area (Å²) < 4.78 is 146.